The molecule has 156 valence electrons. The predicted molar refractivity (Wildman–Crippen MR) is 114 cm³/mol. The van der Waals surface area contributed by atoms with Crippen LogP contribution in [0.4, 0.5) is 5.82 Å². The van der Waals surface area contributed by atoms with Crippen LogP contribution in [0.15, 0.2) is 42.7 Å². The third kappa shape index (κ3) is 4.14. The first-order valence-corrected chi connectivity index (χ1v) is 10.7. The molecule has 4 heterocycles. The molecule has 0 radical (unpaired) electrons. The molecular weight excluding hydrogens is 378 g/mol. The minimum absolute atomic E-state index is 0.204. The molecule has 30 heavy (non-hydrogen) atoms. The summed E-state index contributed by atoms with van der Waals surface area (Å²) in [6.45, 7) is 6.36. The zero-order valence-electron chi connectivity index (χ0n) is 17.2. The molecule has 0 saturated carbocycles. The fourth-order valence-electron chi connectivity index (χ4n) is 4.40. The Kier molecular flexibility index (Phi) is 5.31. The second-order valence-corrected chi connectivity index (χ2v) is 8.17. The monoisotopic (exact) mass is 405 g/mol. The van der Waals surface area contributed by atoms with Crippen LogP contribution in [0.5, 0.6) is 0 Å². The van der Waals surface area contributed by atoms with Crippen LogP contribution in [0, 0.1) is 0 Å². The highest BCUT2D eigenvalue weighted by Crippen LogP contribution is 2.17. The third-order valence-corrected chi connectivity index (χ3v) is 6.06. The van der Waals surface area contributed by atoms with Gasteiger partial charge >= 0.3 is 0 Å². The van der Waals surface area contributed by atoms with Gasteiger partial charge in [0.2, 0.25) is 5.91 Å². The number of carbonyl (C=O) groups excluding carboxylic acids is 1. The van der Waals surface area contributed by atoms with Crippen molar-refractivity contribution >= 4 is 17.4 Å². The average Bonchev–Trinajstić information content (AvgIpc) is 3.45. The van der Waals surface area contributed by atoms with Crippen molar-refractivity contribution in [1.29, 1.82) is 0 Å². The van der Waals surface area contributed by atoms with E-state index in [-0.39, 0.29) is 5.91 Å². The van der Waals surface area contributed by atoms with E-state index < -0.39 is 0 Å². The van der Waals surface area contributed by atoms with E-state index >= 15 is 0 Å². The topological polar surface area (TPSA) is 69.9 Å². The largest absolute Gasteiger partial charge is 0.352 e. The molecule has 8 nitrogen and oxygen atoms in total. The van der Waals surface area contributed by atoms with Gasteiger partial charge in [0.25, 0.3) is 0 Å². The first-order chi connectivity index (χ1) is 14.7. The summed E-state index contributed by atoms with van der Waals surface area (Å²) in [7, 11) is 0. The molecule has 2 aliphatic rings. The van der Waals surface area contributed by atoms with Crippen LogP contribution < -0.4 is 4.90 Å². The summed E-state index contributed by atoms with van der Waals surface area (Å²) in [5, 5.41) is 12.4. The van der Waals surface area contributed by atoms with Gasteiger partial charge in [-0.3, -0.25) is 9.69 Å². The number of nitrogens with zero attached hydrogens (tertiary/aromatic N) is 7. The minimum atomic E-state index is 0.204. The van der Waals surface area contributed by atoms with E-state index in [2.05, 4.69) is 49.4 Å². The lowest BCUT2D eigenvalue weighted by atomic mass is 10.1. The number of rotatable bonds is 5. The maximum atomic E-state index is 12.9. The van der Waals surface area contributed by atoms with Crippen LogP contribution in [0.2, 0.25) is 0 Å². The standard InChI is InChI=1S/C22H27N7O/c30-22(15-18-4-3-5-19(14-18)16-26-8-1-2-9-26)28-12-10-27(11-13-28)21-7-6-20-24-23-17-29(20)25-21/h3-7,14,17H,1-2,8-13,15-16H2. The highest BCUT2D eigenvalue weighted by atomic mass is 16.2. The lowest BCUT2D eigenvalue weighted by Gasteiger charge is -2.35. The van der Waals surface area contributed by atoms with E-state index in [1.54, 1.807) is 10.8 Å². The average molecular weight is 406 g/mol. The van der Waals surface area contributed by atoms with Crippen molar-refractivity contribution in [1.82, 2.24) is 29.6 Å². The summed E-state index contributed by atoms with van der Waals surface area (Å²) in [6.07, 6.45) is 4.68. The van der Waals surface area contributed by atoms with Gasteiger partial charge in [0.15, 0.2) is 5.65 Å². The number of hydrogen-bond donors (Lipinski definition) is 0. The molecule has 2 fully saturated rings. The second kappa shape index (κ2) is 8.39. The zero-order valence-corrected chi connectivity index (χ0v) is 17.2. The molecular formula is C22H27N7O. The summed E-state index contributed by atoms with van der Waals surface area (Å²) >= 11 is 0. The number of piperazine rings is 1. The molecule has 0 spiro atoms. The van der Waals surface area contributed by atoms with Gasteiger partial charge in [0.1, 0.15) is 12.1 Å². The first kappa shape index (κ1) is 19.0. The van der Waals surface area contributed by atoms with E-state index in [1.807, 2.05) is 17.0 Å². The fraction of sp³-hybridized carbons (Fsp3) is 0.455. The smallest absolute Gasteiger partial charge is 0.227 e. The van der Waals surface area contributed by atoms with E-state index in [1.165, 1.54) is 31.5 Å². The van der Waals surface area contributed by atoms with E-state index in [0.717, 1.165) is 36.7 Å². The number of anilines is 1. The molecule has 1 amide bonds. The number of aromatic nitrogens is 4. The minimum Gasteiger partial charge on any atom is -0.352 e. The number of amides is 1. The van der Waals surface area contributed by atoms with E-state index in [0.29, 0.717) is 19.5 Å². The van der Waals surface area contributed by atoms with Gasteiger partial charge in [-0.15, -0.1) is 15.3 Å². The SMILES string of the molecule is O=C(Cc1cccc(CN2CCCC2)c1)N1CCN(c2ccc3nncn3n2)CC1. The first-order valence-electron chi connectivity index (χ1n) is 10.7. The summed E-state index contributed by atoms with van der Waals surface area (Å²) in [4.78, 5) is 19.5. The second-order valence-electron chi connectivity index (χ2n) is 8.17. The Balaban J connectivity index is 1.16. The van der Waals surface area contributed by atoms with Gasteiger partial charge in [-0.2, -0.15) is 4.52 Å². The van der Waals surface area contributed by atoms with Crippen LogP contribution >= 0.6 is 0 Å². The van der Waals surface area contributed by atoms with Crippen molar-refractivity contribution in [3.63, 3.8) is 0 Å². The van der Waals surface area contributed by atoms with Crippen LogP contribution in [0.1, 0.15) is 24.0 Å². The summed E-state index contributed by atoms with van der Waals surface area (Å²) < 4.78 is 1.68. The van der Waals surface area contributed by atoms with Gasteiger partial charge in [0, 0.05) is 32.7 Å². The molecule has 2 saturated heterocycles. The van der Waals surface area contributed by atoms with Crippen molar-refractivity contribution in [2.24, 2.45) is 0 Å². The quantitative estimate of drug-likeness (QED) is 0.642. The molecule has 8 heteroatoms. The number of carbonyl (C=O) groups is 1. The van der Waals surface area contributed by atoms with Gasteiger partial charge in [-0.25, -0.2) is 0 Å². The molecule has 5 rings (SSSR count). The van der Waals surface area contributed by atoms with Crippen molar-refractivity contribution in [2.75, 3.05) is 44.2 Å². The number of benzene rings is 1. The van der Waals surface area contributed by atoms with Crippen molar-refractivity contribution in [3.8, 4) is 0 Å². The van der Waals surface area contributed by atoms with E-state index in [9.17, 15) is 4.79 Å². The number of hydrogen-bond acceptors (Lipinski definition) is 6. The molecule has 2 aliphatic heterocycles. The molecule has 3 aromatic rings. The Morgan fingerprint density at radius 3 is 2.57 bits per heavy atom. The van der Waals surface area contributed by atoms with Crippen LogP contribution in [0.3, 0.4) is 0 Å². The predicted octanol–water partition coefficient (Wildman–Crippen LogP) is 1.61. The molecule has 0 bridgehead atoms. The van der Waals surface area contributed by atoms with Crippen molar-refractivity contribution in [3.05, 3.63) is 53.9 Å². The van der Waals surface area contributed by atoms with Crippen LogP contribution in [-0.2, 0) is 17.8 Å². The third-order valence-electron chi connectivity index (χ3n) is 6.06. The lowest BCUT2D eigenvalue weighted by molar-refractivity contribution is -0.130. The molecule has 0 N–H and O–H groups in total. The summed E-state index contributed by atoms with van der Waals surface area (Å²) in [6, 6.07) is 12.4. The summed E-state index contributed by atoms with van der Waals surface area (Å²) in [5.41, 5.74) is 3.15. The maximum absolute atomic E-state index is 12.9. The Bertz CT molecular complexity index is 1020. The van der Waals surface area contributed by atoms with Gasteiger partial charge < -0.3 is 9.80 Å². The fourth-order valence-corrected chi connectivity index (χ4v) is 4.40. The number of likely N-dealkylation sites (tertiary alicyclic amines) is 1. The molecule has 2 aromatic heterocycles. The molecule has 1 aromatic carbocycles. The Labute approximate surface area is 176 Å². The van der Waals surface area contributed by atoms with Crippen LogP contribution in [0.25, 0.3) is 5.65 Å². The lowest BCUT2D eigenvalue weighted by Crippen LogP contribution is -2.49. The highest BCUT2D eigenvalue weighted by Gasteiger charge is 2.22. The van der Waals surface area contributed by atoms with Gasteiger partial charge in [0.05, 0.1) is 6.42 Å². The van der Waals surface area contributed by atoms with Crippen molar-refractivity contribution < 1.29 is 4.79 Å². The van der Waals surface area contributed by atoms with Crippen molar-refractivity contribution in [2.45, 2.75) is 25.8 Å². The normalized spacial score (nSPS) is 17.7. The Morgan fingerprint density at radius 2 is 1.73 bits per heavy atom. The maximum Gasteiger partial charge on any atom is 0.227 e. The zero-order chi connectivity index (χ0) is 20.3. The van der Waals surface area contributed by atoms with Gasteiger partial charge in [-0.05, 0) is 49.2 Å². The number of fused-ring (bicyclic) bond motifs is 1. The van der Waals surface area contributed by atoms with E-state index in [4.69, 9.17) is 0 Å². The van der Waals surface area contributed by atoms with Gasteiger partial charge in [-0.1, -0.05) is 24.3 Å². The van der Waals surface area contributed by atoms with Crippen LogP contribution in [-0.4, -0.2) is 74.8 Å². The Morgan fingerprint density at radius 1 is 0.933 bits per heavy atom. The molecule has 0 unspecified atom stereocenters. The molecule has 0 aliphatic carbocycles. The molecule has 0 atom stereocenters. The Hall–Kier alpha value is -3.00. The highest BCUT2D eigenvalue weighted by molar-refractivity contribution is 5.79. The summed E-state index contributed by atoms with van der Waals surface area (Å²) in [5.74, 6) is 1.10.